The van der Waals surface area contributed by atoms with E-state index in [1.165, 1.54) is 0 Å². The molecular formula is C18H14F3N3O2. The molecule has 5 nitrogen and oxygen atoms in total. The molecule has 3 aromatic rings. The summed E-state index contributed by atoms with van der Waals surface area (Å²) in [5, 5.41) is 0.450. The van der Waals surface area contributed by atoms with Crippen molar-refractivity contribution in [2.75, 3.05) is 5.73 Å². The number of anilines is 1. The number of aromatic nitrogens is 2. The van der Waals surface area contributed by atoms with Gasteiger partial charge in [-0.1, -0.05) is 0 Å². The zero-order chi connectivity index (χ0) is 18.5. The topological polar surface area (TPSA) is 82.0 Å². The Labute approximate surface area is 146 Å². The number of nitrogen functional groups attached to an aromatic ring is 1. The molecule has 0 atom stereocenters. The number of ketones is 1. The number of aryl methyl sites for hydroxylation is 2. The van der Waals surface area contributed by atoms with Gasteiger partial charge in [0.2, 0.25) is 17.3 Å². The van der Waals surface area contributed by atoms with E-state index in [0.717, 1.165) is 55.4 Å². The lowest BCUT2D eigenvalue weighted by Gasteiger charge is -2.13. The number of fused-ring (bicyclic) bond motifs is 2. The molecule has 3 aromatic heterocycles. The molecule has 4 rings (SSSR count). The molecule has 0 fully saturated rings. The van der Waals surface area contributed by atoms with Gasteiger partial charge in [0.1, 0.15) is 0 Å². The molecule has 0 radical (unpaired) electrons. The van der Waals surface area contributed by atoms with Crippen molar-refractivity contribution in [3.8, 4) is 0 Å². The number of rotatable bonds is 2. The molecule has 134 valence electrons. The Kier molecular flexibility index (Phi) is 3.71. The van der Waals surface area contributed by atoms with Crippen LogP contribution in [-0.4, -0.2) is 15.8 Å². The highest BCUT2D eigenvalue weighted by atomic mass is 19.4. The van der Waals surface area contributed by atoms with Crippen molar-refractivity contribution in [2.24, 2.45) is 0 Å². The highest BCUT2D eigenvalue weighted by Gasteiger charge is 2.36. The van der Waals surface area contributed by atoms with Crippen LogP contribution in [-0.2, 0) is 19.0 Å². The first-order valence-corrected chi connectivity index (χ1v) is 8.13. The van der Waals surface area contributed by atoms with E-state index in [-0.39, 0.29) is 17.2 Å². The Morgan fingerprint density at radius 3 is 2.77 bits per heavy atom. The van der Waals surface area contributed by atoms with Crippen LogP contribution in [0.2, 0.25) is 0 Å². The first kappa shape index (κ1) is 16.6. The number of carbonyl (C=O) groups excluding carboxylic acids is 1. The third kappa shape index (κ3) is 2.61. The standard InChI is InChI=1S/C18H14F3N3O2/c19-18(20,21)12-5-6-23-8-11(12)15(25)16-14(22)10-7-9-3-1-2-4-13(9)24-17(10)26-16/h5-8H,1-4,22H2. The average Bonchev–Trinajstić information content (AvgIpc) is 2.94. The summed E-state index contributed by atoms with van der Waals surface area (Å²) in [6.07, 6.45) is 0.870. The SMILES string of the molecule is Nc1c(C(=O)c2cnccc2C(F)(F)F)oc2nc3c(cc12)CCCC3. The third-order valence-electron chi connectivity index (χ3n) is 4.58. The van der Waals surface area contributed by atoms with Gasteiger partial charge in [-0.3, -0.25) is 9.78 Å². The highest BCUT2D eigenvalue weighted by Crippen LogP contribution is 2.36. The second kappa shape index (κ2) is 5.82. The maximum atomic E-state index is 13.2. The summed E-state index contributed by atoms with van der Waals surface area (Å²) in [6, 6.07) is 2.57. The maximum Gasteiger partial charge on any atom is 0.417 e. The number of halogens is 3. The fraction of sp³-hybridized carbons (Fsp3) is 0.278. The summed E-state index contributed by atoms with van der Waals surface area (Å²) in [6.45, 7) is 0. The smallest absolute Gasteiger partial charge is 0.417 e. The van der Waals surface area contributed by atoms with E-state index in [1.807, 2.05) is 6.07 Å². The quantitative estimate of drug-likeness (QED) is 0.699. The normalized spacial score (nSPS) is 14.4. The molecule has 2 N–H and O–H groups in total. The average molecular weight is 361 g/mol. The minimum Gasteiger partial charge on any atom is -0.432 e. The third-order valence-corrected chi connectivity index (χ3v) is 4.58. The summed E-state index contributed by atoms with van der Waals surface area (Å²) in [5.74, 6) is -1.30. The number of alkyl halides is 3. The molecular weight excluding hydrogens is 347 g/mol. The van der Waals surface area contributed by atoms with Gasteiger partial charge in [-0.25, -0.2) is 4.98 Å². The first-order chi connectivity index (χ1) is 12.4. The number of hydrogen-bond donors (Lipinski definition) is 1. The molecule has 8 heteroatoms. The van der Waals surface area contributed by atoms with Crippen LogP contribution in [0.4, 0.5) is 18.9 Å². The van der Waals surface area contributed by atoms with Crippen LogP contribution in [0.1, 0.15) is 45.8 Å². The molecule has 0 amide bonds. The molecule has 3 heterocycles. The monoisotopic (exact) mass is 361 g/mol. The maximum absolute atomic E-state index is 13.2. The predicted octanol–water partition coefficient (Wildman–Crippen LogP) is 3.93. The summed E-state index contributed by atoms with van der Waals surface area (Å²) in [4.78, 5) is 20.7. The van der Waals surface area contributed by atoms with Crippen molar-refractivity contribution in [1.82, 2.24) is 9.97 Å². The van der Waals surface area contributed by atoms with Crippen LogP contribution in [0.3, 0.4) is 0 Å². The molecule has 0 bridgehead atoms. The van der Waals surface area contributed by atoms with Gasteiger partial charge in [0, 0.05) is 18.1 Å². The van der Waals surface area contributed by atoms with Crippen LogP contribution in [0.5, 0.6) is 0 Å². The molecule has 0 unspecified atom stereocenters. The van der Waals surface area contributed by atoms with Gasteiger partial charge in [-0.05, 0) is 43.4 Å². The van der Waals surface area contributed by atoms with Crippen molar-refractivity contribution in [3.05, 3.63) is 52.7 Å². The minimum atomic E-state index is -4.69. The number of carbonyl (C=O) groups is 1. The lowest BCUT2D eigenvalue weighted by molar-refractivity contribution is -0.137. The van der Waals surface area contributed by atoms with Gasteiger partial charge in [-0.15, -0.1) is 0 Å². The highest BCUT2D eigenvalue weighted by molar-refractivity contribution is 6.14. The Morgan fingerprint density at radius 1 is 1.23 bits per heavy atom. The van der Waals surface area contributed by atoms with Crippen molar-refractivity contribution >= 4 is 22.6 Å². The molecule has 1 aliphatic carbocycles. The Balaban J connectivity index is 1.85. The minimum absolute atomic E-state index is 0.00264. The van der Waals surface area contributed by atoms with Crippen molar-refractivity contribution in [3.63, 3.8) is 0 Å². The first-order valence-electron chi connectivity index (χ1n) is 8.13. The van der Waals surface area contributed by atoms with Gasteiger partial charge in [-0.2, -0.15) is 13.2 Å². The predicted molar refractivity (Wildman–Crippen MR) is 87.7 cm³/mol. The fourth-order valence-corrected chi connectivity index (χ4v) is 3.27. The van der Waals surface area contributed by atoms with E-state index in [0.29, 0.717) is 5.39 Å². The van der Waals surface area contributed by atoms with E-state index in [2.05, 4.69) is 9.97 Å². The number of pyridine rings is 2. The van der Waals surface area contributed by atoms with E-state index >= 15 is 0 Å². The lowest BCUT2D eigenvalue weighted by atomic mass is 9.95. The summed E-state index contributed by atoms with van der Waals surface area (Å²) in [7, 11) is 0. The molecule has 26 heavy (non-hydrogen) atoms. The molecule has 0 spiro atoms. The number of nitrogens with two attached hydrogens (primary N) is 1. The van der Waals surface area contributed by atoms with Gasteiger partial charge in [0.25, 0.3) is 0 Å². The Morgan fingerprint density at radius 2 is 2.00 bits per heavy atom. The Hall–Kier alpha value is -2.90. The zero-order valence-electron chi connectivity index (χ0n) is 13.6. The number of nitrogens with zero attached hydrogens (tertiary/aromatic N) is 2. The van der Waals surface area contributed by atoms with E-state index in [1.54, 1.807) is 0 Å². The van der Waals surface area contributed by atoms with Crippen LogP contribution < -0.4 is 5.73 Å². The largest absolute Gasteiger partial charge is 0.432 e. The van der Waals surface area contributed by atoms with Gasteiger partial charge in [0.05, 0.1) is 22.2 Å². The number of hydrogen-bond acceptors (Lipinski definition) is 5. The van der Waals surface area contributed by atoms with Crippen LogP contribution in [0, 0.1) is 0 Å². The van der Waals surface area contributed by atoms with Crippen LogP contribution >= 0.6 is 0 Å². The van der Waals surface area contributed by atoms with Gasteiger partial charge >= 0.3 is 6.18 Å². The summed E-state index contributed by atoms with van der Waals surface area (Å²) >= 11 is 0. The Bertz CT molecular complexity index is 1020. The second-order valence-electron chi connectivity index (χ2n) is 6.25. The summed E-state index contributed by atoms with van der Waals surface area (Å²) < 4.78 is 45.0. The second-order valence-corrected chi connectivity index (χ2v) is 6.25. The number of furan rings is 1. The van der Waals surface area contributed by atoms with Crippen LogP contribution in [0.25, 0.3) is 11.1 Å². The summed E-state index contributed by atoms with van der Waals surface area (Å²) in [5.41, 5.74) is 6.42. The van der Waals surface area contributed by atoms with Gasteiger partial charge < -0.3 is 10.2 Å². The van der Waals surface area contributed by atoms with Crippen molar-refractivity contribution in [1.29, 1.82) is 0 Å². The lowest BCUT2D eigenvalue weighted by Crippen LogP contribution is -2.14. The molecule has 0 saturated heterocycles. The van der Waals surface area contributed by atoms with Crippen molar-refractivity contribution < 1.29 is 22.4 Å². The van der Waals surface area contributed by atoms with Crippen molar-refractivity contribution in [2.45, 2.75) is 31.9 Å². The molecule has 1 aliphatic rings. The molecule has 0 aromatic carbocycles. The molecule has 0 saturated carbocycles. The fourth-order valence-electron chi connectivity index (χ4n) is 3.27. The van der Waals surface area contributed by atoms with Crippen LogP contribution in [0.15, 0.2) is 28.9 Å². The zero-order valence-corrected chi connectivity index (χ0v) is 13.6. The molecule has 0 aliphatic heterocycles. The van der Waals surface area contributed by atoms with Gasteiger partial charge in [0.15, 0.2) is 0 Å². The van der Waals surface area contributed by atoms with E-state index in [4.69, 9.17) is 10.2 Å². The van der Waals surface area contributed by atoms with E-state index in [9.17, 15) is 18.0 Å². The van der Waals surface area contributed by atoms with E-state index < -0.39 is 23.1 Å².